The van der Waals surface area contributed by atoms with Gasteiger partial charge in [-0.1, -0.05) is 17.7 Å². The van der Waals surface area contributed by atoms with E-state index in [2.05, 4.69) is 10.1 Å². The highest BCUT2D eigenvalue weighted by atomic mass is 35.5. The van der Waals surface area contributed by atoms with Gasteiger partial charge in [-0.15, -0.1) is 0 Å². The molecule has 1 aliphatic carbocycles. The molecule has 2 aromatic rings. The van der Waals surface area contributed by atoms with E-state index in [1.54, 1.807) is 10.8 Å². The molecule has 1 aromatic heterocycles. The maximum Gasteiger partial charge on any atom is 0.235 e. The highest BCUT2D eigenvalue weighted by molar-refractivity contribution is 6.34. The average molecular weight is 262 g/mol. The Morgan fingerprint density at radius 2 is 2.28 bits per heavy atom. The molecule has 0 N–H and O–H groups in total. The molecule has 0 atom stereocenters. The Hall–Kier alpha value is -1.64. The quantitative estimate of drug-likeness (QED) is 0.616. The van der Waals surface area contributed by atoms with Crippen LogP contribution in [0.25, 0.3) is 10.9 Å². The zero-order valence-electron chi connectivity index (χ0n) is 9.98. The van der Waals surface area contributed by atoms with Crippen LogP contribution in [-0.2, 0) is 17.4 Å². The molecular formula is C13H12ClN3O. The van der Waals surface area contributed by atoms with Gasteiger partial charge in [-0.25, -0.2) is 4.79 Å². The number of hydrogen-bond donors (Lipinski definition) is 0. The lowest BCUT2D eigenvalue weighted by Gasteiger charge is -2.37. The van der Waals surface area contributed by atoms with Gasteiger partial charge in [0.25, 0.3) is 0 Å². The fraction of sp³-hybridized carbons (Fsp3) is 0.385. The van der Waals surface area contributed by atoms with Gasteiger partial charge in [0.15, 0.2) is 5.15 Å². The van der Waals surface area contributed by atoms with Gasteiger partial charge in [0.2, 0.25) is 6.08 Å². The van der Waals surface area contributed by atoms with E-state index in [4.69, 9.17) is 11.6 Å². The van der Waals surface area contributed by atoms with Gasteiger partial charge >= 0.3 is 0 Å². The number of aryl methyl sites for hydroxylation is 1. The number of nitrogens with zero attached hydrogens (tertiary/aromatic N) is 3. The molecule has 0 radical (unpaired) electrons. The average Bonchev–Trinajstić information content (AvgIpc) is 2.59. The molecule has 0 unspecified atom stereocenters. The highest BCUT2D eigenvalue weighted by Crippen LogP contribution is 2.45. The smallest absolute Gasteiger partial charge is 0.235 e. The van der Waals surface area contributed by atoms with Crippen LogP contribution in [0.5, 0.6) is 0 Å². The summed E-state index contributed by atoms with van der Waals surface area (Å²) in [5, 5.41) is 5.60. The van der Waals surface area contributed by atoms with Gasteiger partial charge < -0.3 is 0 Å². The number of carbonyl (C=O) groups excluding carboxylic acids is 1. The maximum absolute atomic E-state index is 10.6. The molecule has 92 valence electrons. The number of benzene rings is 1. The molecule has 0 bridgehead atoms. The van der Waals surface area contributed by atoms with Crippen LogP contribution in [0.2, 0.25) is 5.15 Å². The molecule has 3 rings (SSSR count). The van der Waals surface area contributed by atoms with Crippen molar-refractivity contribution in [1.82, 2.24) is 9.78 Å². The Morgan fingerprint density at radius 3 is 2.89 bits per heavy atom. The summed E-state index contributed by atoms with van der Waals surface area (Å²) in [5.41, 5.74) is 1.64. The second-order valence-corrected chi connectivity index (χ2v) is 5.09. The third-order valence-corrected chi connectivity index (χ3v) is 4.06. The lowest BCUT2D eigenvalue weighted by atomic mass is 9.72. The van der Waals surface area contributed by atoms with Crippen molar-refractivity contribution in [3.63, 3.8) is 0 Å². The van der Waals surface area contributed by atoms with Crippen LogP contribution >= 0.6 is 11.6 Å². The van der Waals surface area contributed by atoms with Crippen LogP contribution in [0.3, 0.4) is 0 Å². The van der Waals surface area contributed by atoms with E-state index >= 15 is 0 Å². The Bertz CT molecular complexity index is 666. The van der Waals surface area contributed by atoms with Gasteiger partial charge in [0.05, 0.1) is 11.1 Å². The Morgan fingerprint density at radius 1 is 1.50 bits per heavy atom. The van der Waals surface area contributed by atoms with Crippen LogP contribution in [0, 0.1) is 0 Å². The van der Waals surface area contributed by atoms with Crippen molar-refractivity contribution in [2.75, 3.05) is 0 Å². The van der Waals surface area contributed by atoms with Crippen LogP contribution in [-0.4, -0.2) is 15.9 Å². The van der Waals surface area contributed by atoms with E-state index < -0.39 is 0 Å². The first-order valence-electron chi connectivity index (χ1n) is 5.88. The SMILES string of the molecule is Cn1nc(Cl)c2ccc(C3(N=C=O)CCC3)cc21. The molecule has 1 saturated carbocycles. The molecule has 0 spiro atoms. The molecule has 0 amide bonds. The predicted molar refractivity (Wildman–Crippen MR) is 69.4 cm³/mol. The zero-order chi connectivity index (χ0) is 12.8. The number of aromatic nitrogens is 2. The van der Waals surface area contributed by atoms with Gasteiger partial charge in [-0.3, -0.25) is 4.68 Å². The van der Waals surface area contributed by atoms with Gasteiger partial charge in [-0.05, 0) is 37.0 Å². The van der Waals surface area contributed by atoms with E-state index in [0.29, 0.717) is 5.15 Å². The second kappa shape index (κ2) is 3.94. The summed E-state index contributed by atoms with van der Waals surface area (Å²) < 4.78 is 1.75. The number of fused-ring (bicyclic) bond motifs is 1. The van der Waals surface area contributed by atoms with Gasteiger partial charge in [-0.2, -0.15) is 10.1 Å². The van der Waals surface area contributed by atoms with E-state index in [1.807, 2.05) is 25.2 Å². The third kappa shape index (κ3) is 1.50. The van der Waals surface area contributed by atoms with Gasteiger partial charge in [0, 0.05) is 12.4 Å². The Balaban J connectivity index is 2.19. The maximum atomic E-state index is 10.6. The number of aliphatic imine (C=N–C) groups is 1. The summed E-state index contributed by atoms with van der Waals surface area (Å²) in [6, 6.07) is 5.95. The summed E-state index contributed by atoms with van der Waals surface area (Å²) in [6.07, 6.45) is 4.60. The van der Waals surface area contributed by atoms with Crippen molar-refractivity contribution in [2.24, 2.45) is 12.0 Å². The van der Waals surface area contributed by atoms with Crippen LogP contribution < -0.4 is 0 Å². The first kappa shape index (κ1) is 11.5. The summed E-state index contributed by atoms with van der Waals surface area (Å²) in [4.78, 5) is 14.6. The molecule has 0 saturated heterocycles. The molecule has 1 fully saturated rings. The molecule has 1 aromatic carbocycles. The Labute approximate surface area is 109 Å². The minimum atomic E-state index is -0.368. The highest BCUT2D eigenvalue weighted by Gasteiger charge is 2.39. The van der Waals surface area contributed by atoms with E-state index in [9.17, 15) is 4.79 Å². The van der Waals surface area contributed by atoms with E-state index in [0.717, 1.165) is 35.7 Å². The third-order valence-electron chi connectivity index (χ3n) is 3.78. The first-order chi connectivity index (χ1) is 8.66. The van der Waals surface area contributed by atoms with Crippen molar-refractivity contribution in [3.05, 3.63) is 28.9 Å². The summed E-state index contributed by atoms with van der Waals surface area (Å²) in [5.74, 6) is 0. The molecule has 0 aliphatic heterocycles. The summed E-state index contributed by atoms with van der Waals surface area (Å²) >= 11 is 6.04. The number of isocyanates is 1. The minimum Gasteiger partial charge on any atom is -0.266 e. The fourth-order valence-electron chi connectivity index (χ4n) is 2.57. The molecule has 4 nitrogen and oxygen atoms in total. The second-order valence-electron chi connectivity index (χ2n) is 4.73. The molecule has 5 heteroatoms. The fourth-order valence-corrected chi connectivity index (χ4v) is 2.84. The topological polar surface area (TPSA) is 47.2 Å². The molecule has 1 aliphatic rings. The largest absolute Gasteiger partial charge is 0.266 e. The lowest BCUT2D eigenvalue weighted by Crippen LogP contribution is -2.31. The normalized spacial score (nSPS) is 17.2. The van der Waals surface area contributed by atoms with Crippen molar-refractivity contribution in [2.45, 2.75) is 24.8 Å². The van der Waals surface area contributed by atoms with E-state index in [1.165, 1.54) is 0 Å². The molecule has 1 heterocycles. The van der Waals surface area contributed by atoms with Crippen molar-refractivity contribution >= 4 is 28.6 Å². The molecular weight excluding hydrogens is 250 g/mol. The Kier molecular flexibility index (Phi) is 2.51. The predicted octanol–water partition coefficient (Wildman–Crippen LogP) is 2.94. The molecule has 18 heavy (non-hydrogen) atoms. The van der Waals surface area contributed by atoms with Crippen LogP contribution in [0.15, 0.2) is 23.2 Å². The van der Waals surface area contributed by atoms with Crippen molar-refractivity contribution < 1.29 is 4.79 Å². The van der Waals surface area contributed by atoms with E-state index in [-0.39, 0.29) is 5.54 Å². The monoisotopic (exact) mass is 261 g/mol. The van der Waals surface area contributed by atoms with Crippen molar-refractivity contribution in [1.29, 1.82) is 0 Å². The standard InChI is InChI=1S/C13H12ClN3O/c1-17-11-7-9(3-4-10(11)12(14)16-17)13(15-8-18)5-2-6-13/h3-4,7H,2,5-6H2,1H3. The van der Waals surface area contributed by atoms with Crippen LogP contribution in [0.1, 0.15) is 24.8 Å². The van der Waals surface area contributed by atoms with Crippen molar-refractivity contribution in [3.8, 4) is 0 Å². The van der Waals surface area contributed by atoms with Gasteiger partial charge in [0.1, 0.15) is 0 Å². The van der Waals surface area contributed by atoms with Crippen LogP contribution in [0.4, 0.5) is 0 Å². The number of hydrogen-bond acceptors (Lipinski definition) is 3. The minimum absolute atomic E-state index is 0.368. The lowest BCUT2D eigenvalue weighted by molar-refractivity contribution is 0.256. The number of rotatable bonds is 2. The first-order valence-corrected chi connectivity index (χ1v) is 6.26. The number of halogens is 1. The summed E-state index contributed by atoms with van der Waals surface area (Å²) in [6.45, 7) is 0. The zero-order valence-corrected chi connectivity index (χ0v) is 10.7. The summed E-state index contributed by atoms with van der Waals surface area (Å²) in [7, 11) is 1.86.